The molecular formula is C21H24N2O4. The summed E-state index contributed by atoms with van der Waals surface area (Å²) in [5, 5.41) is 13.0. The largest absolute Gasteiger partial charge is 0.491 e. The van der Waals surface area contributed by atoms with Gasteiger partial charge in [0.2, 0.25) is 0 Å². The van der Waals surface area contributed by atoms with E-state index >= 15 is 0 Å². The Hall–Kier alpha value is -2.86. The Morgan fingerprint density at radius 3 is 2.19 bits per heavy atom. The maximum absolute atomic E-state index is 12.9. The fourth-order valence-electron chi connectivity index (χ4n) is 3.04. The number of rotatable bonds is 6. The highest BCUT2D eigenvalue weighted by Crippen LogP contribution is 2.29. The number of imide groups is 1. The number of nitrogens with one attached hydrogen (secondary N) is 1. The normalized spacial score (nSPS) is 20.5. The van der Waals surface area contributed by atoms with E-state index in [0.29, 0.717) is 11.3 Å². The average Bonchev–Trinajstić information content (AvgIpc) is 2.86. The number of carbonyl (C=O) groups is 2. The molecular weight excluding hydrogens is 344 g/mol. The van der Waals surface area contributed by atoms with Crippen LogP contribution in [0.5, 0.6) is 5.75 Å². The summed E-state index contributed by atoms with van der Waals surface area (Å²) in [5.74, 6) is 0.243. The summed E-state index contributed by atoms with van der Waals surface area (Å²) >= 11 is 0. The minimum atomic E-state index is -1.14. The number of benzene rings is 2. The molecule has 1 heterocycles. The van der Waals surface area contributed by atoms with Crippen LogP contribution in [0, 0.1) is 13.8 Å². The van der Waals surface area contributed by atoms with Gasteiger partial charge in [-0.2, -0.15) is 0 Å². The Balaban J connectivity index is 1.64. The van der Waals surface area contributed by atoms with E-state index in [2.05, 4.69) is 5.32 Å². The van der Waals surface area contributed by atoms with Gasteiger partial charge in [-0.1, -0.05) is 47.5 Å². The zero-order chi connectivity index (χ0) is 19.6. The van der Waals surface area contributed by atoms with Crippen LogP contribution in [0.25, 0.3) is 0 Å². The number of aliphatic hydroxyl groups is 1. The number of hydrogen-bond donors (Lipinski definition) is 2. The Morgan fingerprint density at radius 2 is 1.59 bits per heavy atom. The molecule has 1 fully saturated rings. The highest BCUT2D eigenvalue weighted by Gasteiger charge is 2.49. The third kappa shape index (κ3) is 3.95. The van der Waals surface area contributed by atoms with Gasteiger partial charge in [-0.05, 0) is 38.5 Å². The molecule has 0 spiro atoms. The van der Waals surface area contributed by atoms with Gasteiger partial charge in [0, 0.05) is 0 Å². The van der Waals surface area contributed by atoms with Crippen LogP contribution in [0.15, 0.2) is 48.5 Å². The molecule has 0 aromatic heterocycles. The van der Waals surface area contributed by atoms with Crippen LogP contribution in [-0.4, -0.2) is 41.2 Å². The quantitative estimate of drug-likeness (QED) is 0.768. The Morgan fingerprint density at radius 1 is 1.04 bits per heavy atom. The number of aryl methyl sites for hydroxylation is 2. The first kappa shape index (κ1) is 18.9. The maximum atomic E-state index is 12.9. The molecule has 1 aliphatic rings. The lowest BCUT2D eigenvalue weighted by Crippen LogP contribution is -2.42. The second kappa shape index (κ2) is 7.40. The summed E-state index contributed by atoms with van der Waals surface area (Å²) in [6, 6.07) is 14.4. The summed E-state index contributed by atoms with van der Waals surface area (Å²) in [6.45, 7) is 5.46. The van der Waals surface area contributed by atoms with Crippen LogP contribution < -0.4 is 10.1 Å². The first-order chi connectivity index (χ1) is 12.8. The molecule has 0 aliphatic carbocycles. The summed E-state index contributed by atoms with van der Waals surface area (Å²) < 4.78 is 5.53. The highest BCUT2D eigenvalue weighted by atomic mass is 16.5. The number of urea groups is 1. The molecule has 3 amide bonds. The SMILES string of the molecule is Cc1ccc(OC[C@@H](O)CN2C(=O)N[C@@](C)(c3ccc(C)cc3)C2=O)cc1. The minimum absolute atomic E-state index is 0.0125. The van der Waals surface area contributed by atoms with Crippen LogP contribution in [0.2, 0.25) is 0 Å². The van der Waals surface area contributed by atoms with Crippen molar-refractivity contribution in [2.75, 3.05) is 13.2 Å². The van der Waals surface area contributed by atoms with Crippen LogP contribution in [0.1, 0.15) is 23.6 Å². The Kier molecular flexibility index (Phi) is 5.19. The standard InChI is InChI=1S/C21H24N2O4/c1-14-4-8-16(9-5-14)21(3)19(25)23(20(26)22-21)12-17(24)13-27-18-10-6-15(2)7-11-18/h4-11,17,24H,12-13H2,1-3H3,(H,22,26)/t17-,21-/m0/s1. The summed E-state index contributed by atoms with van der Waals surface area (Å²) in [4.78, 5) is 26.2. The first-order valence-corrected chi connectivity index (χ1v) is 8.88. The number of nitrogens with zero attached hydrogens (tertiary/aromatic N) is 1. The Bertz CT molecular complexity index is 832. The van der Waals surface area contributed by atoms with Crippen molar-refractivity contribution in [3.8, 4) is 5.75 Å². The predicted molar refractivity (Wildman–Crippen MR) is 101 cm³/mol. The van der Waals surface area contributed by atoms with Crippen LogP contribution in [-0.2, 0) is 10.3 Å². The van der Waals surface area contributed by atoms with Crippen molar-refractivity contribution in [1.82, 2.24) is 10.2 Å². The summed E-state index contributed by atoms with van der Waals surface area (Å²) in [6.07, 6.45) is -0.985. The predicted octanol–water partition coefficient (Wildman–Crippen LogP) is 2.51. The van der Waals surface area contributed by atoms with Crippen LogP contribution in [0.3, 0.4) is 0 Å². The fraction of sp³-hybridized carbons (Fsp3) is 0.333. The number of ether oxygens (including phenoxy) is 1. The van der Waals surface area contributed by atoms with Crippen molar-refractivity contribution in [2.24, 2.45) is 0 Å². The van der Waals surface area contributed by atoms with E-state index in [9.17, 15) is 14.7 Å². The van der Waals surface area contributed by atoms with Gasteiger partial charge < -0.3 is 15.2 Å². The molecule has 142 valence electrons. The molecule has 2 N–H and O–H groups in total. The second-order valence-corrected chi connectivity index (χ2v) is 7.11. The van der Waals surface area contributed by atoms with Gasteiger partial charge in [-0.3, -0.25) is 9.69 Å². The lowest BCUT2D eigenvalue weighted by molar-refractivity contribution is -0.132. The van der Waals surface area contributed by atoms with Gasteiger partial charge in [-0.15, -0.1) is 0 Å². The highest BCUT2D eigenvalue weighted by molar-refractivity contribution is 6.07. The smallest absolute Gasteiger partial charge is 0.325 e. The maximum Gasteiger partial charge on any atom is 0.325 e. The summed E-state index contributed by atoms with van der Waals surface area (Å²) in [7, 11) is 0. The number of aliphatic hydroxyl groups excluding tert-OH is 1. The van der Waals surface area contributed by atoms with Gasteiger partial charge in [0.1, 0.15) is 24.0 Å². The van der Waals surface area contributed by atoms with Gasteiger partial charge in [0.25, 0.3) is 5.91 Å². The van der Waals surface area contributed by atoms with E-state index in [0.717, 1.165) is 16.0 Å². The lowest BCUT2D eigenvalue weighted by Gasteiger charge is -2.23. The first-order valence-electron chi connectivity index (χ1n) is 8.88. The van der Waals surface area contributed by atoms with Crippen molar-refractivity contribution in [2.45, 2.75) is 32.4 Å². The topological polar surface area (TPSA) is 78.9 Å². The molecule has 3 rings (SSSR count). The summed E-state index contributed by atoms with van der Waals surface area (Å²) in [5.41, 5.74) is 1.75. The monoisotopic (exact) mass is 368 g/mol. The number of amides is 3. The third-order valence-corrected chi connectivity index (χ3v) is 4.76. The van der Waals surface area contributed by atoms with Crippen LogP contribution >= 0.6 is 0 Å². The van der Waals surface area contributed by atoms with Gasteiger partial charge in [0.05, 0.1) is 6.54 Å². The molecule has 2 aromatic carbocycles. The molecule has 0 unspecified atom stereocenters. The Labute approximate surface area is 158 Å². The zero-order valence-corrected chi connectivity index (χ0v) is 15.7. The van der Waals surface area contributed by atoms with Crippen molar-refractivity contribution < 1.29 is 19.4 Å². The zero-order valence-electron chi connectivity index (χ0n) is 15.7. The van der Waals surface area contributed by atoms with Crippen molar-refractivity contribution in [3.05, 3.63) is 65.2 Å². The van der Waals surface area contributed by atoms with Gasteiger partial charge >= 0.3 is 6.03 Å². The average molecular weight is 368 g/mol. The van der Waals surface area contributed by atoms with Crippen molar-refractivity contribution in [1.29, 1.82) is 0 Å². The molecule has 0 radical (unpaired) electrons. The number of hydrogen-bond acceptors (Lipinski definition) is 4. The number of β-amino-alcohol motifs (C(OH)–C–C–N with tert-alkyl or cyclic N) is 1. The number of carbonyl (C=O) groups excluding carboxylic acids is 2. The van der Waals surface area contributed by atoms with Gasteiger partial charge in [0.15, 0.2) is 0 Å². The van der Waals surface area contributed by atoms with E-state index in [4.69, 9.17) is 4.74 Å². The van der Waals surface area contributed by atoms with E-state index in [1.54, 1.807) is 6.92 Å². The molecule has 0 saturated carbocycles. The molecule has 6 heteroatoms. The molecule has 1 saturated heterocycles. The van der Waals surface area contributed by atoms with Gasteiger partial charge in [-0.25, -0.2) is 4.79 Å². The molecule has 6 nitrogen and oxygen atoms in total. The second-order valence-electron chi connectivity index (χ2n) is 7.11. The molecule has 0 bridgehead atoms. The third-order valence-electron chi connectivity index (χ3n) is 4.76. The van der Waals surface area contributed by atoms with E-state index < -0.39 is 17.7 Å². The minimum Gasteiger partial charge on any atom is -0.491 e. The molecule has 2 atom stereocenters. The lowest BCUT2D eigenvalue weighted by atomic mass is 9.91. The van der Waals surface area contributed by atoms with Crippen molar-refractivity contribution in [3.63, 3.8) is 0 Å². The van der Waals surface area contributed by atoms with E-state index in [1.165, 1.54) is 0 Å². The molecule has 2 aromatic rings. The fourth-order valence-corrected chi connectivity index (χ4v) is 3.04. The van der Waals surface area contributed by atoms with E-state index in [-0.39, 0.29) is 19.1 Å². The van der Waals surface area contributed by atoms with Crippen LogP contribution in [0.4, 0.5) is 4.79 Å². The molecule has 1 aliphatic heterocycles. The van der Waals surface area contributed by atoms with Crippen molar-refractivity contribution >= 4 is 11.9 Å². The molecule has 27 heavy (non-hydrogen) atoms. The van der Waals surface area contributed by atoms with E-state index in [1.807, 2.05) is 62.4 Å².